The van der Waals surface area contributed by atoms with E-state index in [0.29, 0.717) is 12.3 Å². The van der Waals surface area contributed by atoms with E-state index in [4.69, 9.17) is 9.52 Å². The van der Waals surface area contributed by atoms with Gasteiger partial charge in [0.05, 0.1) is 12.8 Å². The lowest BCUT2D eigenvalue weighted by Gasteiger charge is -2.21. The number of aliphatic hydroxyl groups excluding tert-OH is 1. The Morgan fingerprint density at radius 1 is 1.58 bits per heavy atom. The van der Waals surface area contributed by atoms with Gasteiger partial charge in [-0.05, 0) is 12.8 Å². The van der Waals surface area contributed by atoms with Crippen LogP contribution in [0.2, 0.25) is 0 Å². The summed E-state index contributed by atoms with van der Waals surface area (Å²) in [6.45, 7) is 0.138. The van der Waals surface area contributed by atoms with Crippen molar-refractivity contribution in [1.82, 2.24) is 4.98 Å². The molecule has 0 amide bonds. The lowest BCUT2D eigenvalue weighted by atomic mass is 9.85. The predicted molar refractivity (Wildman–Crippen MR) is 43.9 cm³/mol. The van der Waals surface area contributed by atoms with Gasteiger partial charge in [0.2, 0.25) is 0 Å². The lowest BCUT2D eigenvalue weighted by molar-refractivity contribution is 0.277. The fraction of sp³-hybridized carbons (Fsp3) is 0.667. The van der Waals surface area contributed by atoms with Crippen LogP contribution in [-0.4, -0.2) is 16.7 Å². The molecule has 12 heavy (non-hydrogen) atoms. The molecule has 0 aliphatic heterocycles. The van der Waals surface area contributed by atoms with Crippen LogP contribution in [0.3, 0.4) is 0 Å². The van der Waals surface area contributed by atoms with Crippen LogP contribution >= 0.6 is 0 Å². The summed E-state index contributed by atoms with van der Waals surface area (Å²) in [5, 5.41) is 8.65. The Hall–Kier alpha value is -0.830. The van der Waals surface area contributed by atoms with Gasteiger partial charge in [-0.2, -0.15) is 0 Å². The van der Waals surface area contributed by atoms with Crippen LogP contribution < -0.4 is 0 Å². The first-order valence-electron chi connectivity index (χ1n) is 4.45. The molecular weight excluding hydrogens is 154 g/mol. The second-order valence-corrected chi connectivity index (χ2v) is 3.27. The molecule has 1 aromatic heterocycles. The van der Waals surface area contributed by atoms with E-state index in [2.05, 4.69) is 4.98 Å². The number of hydrogen-bond acceptors (Lipinski definition) is 3. The summed E-state index contributed by atoms with van der Waals surface area (Å²) < 4.78 is 5.46. The molecule has 0 unspecified atom stereocenters. The van der Waals surface area contributed by atoms with Crippen molar-refractivity contribution >= 4 is 0 Å². The van der Waals surface area contributed by atoms with Gasteiger partial charge in [0.15, 0.2) is 5.89 Å². The normalized spacial score (nSPS) is 17.8. The highest BCUT2D eigenvalue weighted by molar-refractivity contribution is 5.01. The predicted octanol–water partition coefficient (Wildman–Crippen LogP) is 1.48. The Labute approximate surface area is 71.4 Å². The molecule has 3 nitrogen and oxygen atoms in total. The molecule has 1 aromatic rings. The van der Waals surface area contributed by atoms with Crippen molar-refractivity contribution in [2.45, 2.75) is 31.6 Å². The van der Waals surface area contributed by atoms with Crippen LogP contribution in [0.5, 0.6) is 0 Å². The van der Waals surface area contributed by atoms with E-state index in [0.717, 1.165) is 11.7 Å². The standard InChI is InChI=1S/C9H13NO2/c11-5-4-8-6-10-9(12-8)7-2-1-3-7/h6-7,11H,1-5H2. The van der Waals surface area contributed by atoms with Gasteiger partial charge in [-0.15, -0.1) is 0 Å². The summed E-state index contributed by atoms with van der Waals surface area (Å²) >= 11 is 0. The first-order valence-corrected chi connectivity index (χ1v) is 4.45. The van der Waals surface area contributed by atoms with E-state index in [-0.39, 0.29) is 6.61 Å². The van der Waals surface area contributed by atoms with Crippen molar-refractivity contribution in [2.24, 2.45) is 0 Å². The molecule has 66 valence electrons. The van der Waals surface area contributed by atoms with Crippen molar-refractivity contribution in [3.63, 3.8) is 0 Å². The summed E-state index contributed by atoms with van der Waals surface area (Å²) in [6.07, 6.45) is 6.02. The number of hydrogen-bond donors (Lipinski definition) is 1. The zero-order valence-electron chi connectivity index (χ0n) is 6.99. The third-order valence-corrected chi connectivity index (χ3v) is 2.38. The molecule has 1 saturated carbocycles. The molecule has 0 bridgehead atoms. The Bertz CT molecular complexity index is 253. The number of oxazole rings is 1. The average molecular weight is 167 g/mol. The molecule has 0 saturated heterocycles. The van der Waals surface area contributed by atoms with Crippen LogP contribution in [0.25, 0.3) is 0 Å². The van der Waals surface area contributed by atoms with E-state index in [1.165, 1.54) is 19.3 Å². The van der Waals surface area contributed by atoms with E-state index in [9.17, 15) is 0 Å². The minimum atomic E-state index is 0.138. The number of aliphatic hydroxyl groups is 1. The molecule has 0 radical (unpaired) electrons. The Balaban J connectivity index is 2.02. The van der Waals surface area contributed by atoms with Gasteiger partial charge in [0, 0.05) is 12.3 Å². The van der Waals surface area contributed by atoms with E-state index in [1.54, 1.807) is 6.20 Å². The van der Waals surface area contributed by atoms with Crippen LogP contribution in [-0.2, 0) is 6.42 Å². The second-order valence-electron chi connectivity index (χ2n) is 3.27. The summed E-state index contributed by atoms with van der Waals surface area (Å²) in [4.78, 5) is 4.18. The molecule has 0 spiro atoms. The zero-order chi connectivity index (χ0) is 8.39. The SMILES string of the molecule is OCCc1cnc(C2CCC2)o1. The van der Waals surface area contributed by atoms with Gasteiger partial charge in [-0.3, -0.25) is 0 Å². The number of nitrogens with zero attached hydrogens (tertiary/aromatic N) is 1. The molecule has 0 atom stereocenters. The molecule has 1 fully saturated rings. The van der Waals surface area contributed by atoms with Crippen LogP contribution in [0.4, 0.5) is 0 Å². The highest BCUT2D eigenvalue weighted by Gasteiger charge is 2.23. The van der Waals surface area contributed by atoms with Crippen molar-refractivity contribution < 1.29 is 9.52 Å². The summed E-state index contributed by atoms with van der Waals surface area (Å²) in [6, 6.07) is 0. The van der Waals surface area contributed by atoms with Crippen molar-refractivity contribution in [1.29, 1.82) is 0 Å². The van der Waals surface area contributed by atoms with Crippen LogP contribution in [0, 0.1) is 0 Å². The van der Waals surface area contributed by atoms with Crippen molar-refractivity contribution in [3.05, 3.63) is 17.8 Å². The highest BCUT2D eigenvalue weighted by atomic mass is 16.4. The minimum absolute atomic E-state index is 0.138. The van der Waals surface area contributed by atoms with Gasteiger partial charge < -0.3 is 9.52 Å². The molecule has 2 rings (SSSR count). The maximum atomic E-state index is 8.65. The Kier molecular flexibility index (Phi) is 2.13. The maximum Gasteiger partial charge on any atom is 0.197 e. The first-order chi connectivity index (χ1) is 5.90. The summed E-state index contributed by atoms with van der Waals surface area (Å²) in [5.74, 6) is 2.22. The van der Waals surface area contributed by atoms with Gasteiger partial charge >= 0.3 is 0 Å². The molecule has 1 aliphatic carbocycles. The topological polar surface area (TPSA) is 46.3 Å². The molecule has 3 heteroatoms. The van der Waals surface area contributed by atoms with E-state index >= 15 is 0 Å². The fourth-order valence-corrected chi connectivity index (χ4v) is 1.39. The largest absolute Gasteiger partial charge is 0.445 e. The van der Waals surface area contributed by atoms with Crippen molar-refractivity contribution in [2.75, 3.05) is 6.61 Å². The molecule has 1 heterocycles. The molecule has 1 N–H and O–H groups in total. The Morgan fingerprint density at radius 2 is 2.42 bits per heavy atom. The van der Waals surface area contributed by atoms with Crippen LogP contribution in [0.15, 0.2) is 10.6 Å². The summed E-state index contributed by atoms with van der Waals surface area (Å²) in [5.41, 5.74) is 0. The summed E-state index contributed by atoms with van der Waals surface area (Å²) in [7, 11) is 0. The zero-order valence-corrected chi connectivity index (χ0v) is 6.99. The number of aromatic nitrogens is 1. The third-order valence-electron chi connectivity index (χ3n) is 2.38. The van der Waals surface area contributed by atoms with Gasteiger partial charge in [-0.25, -0.2) is 4.98 Å². The molecule has 1 aliphatic rings. The second kappa shape index (κ2) is 3.27. The van der Waals surface area contributed by atoms with Crippen LogP contribution in [0.1, 0.15) is 36.8 Å². The minimum Gasteiger partial charge on any atom is -0.445 e. The van der Waals surface area contributed by atoms with Crippen molar-refractivity contribution in [3.8, 4) is 0 Å². The third kappa shape index (κ3) is 1.37. The Morgan fingerprint density at radius 3 is 3.00 bits per heavy atom. The maximum absolute atomic E-state index is 8.65. The smallest absolute Gasteiger partial charge is 0.197 e. The number of rotatable bonds is 3. The fourth-order valence-electron chi connectivity index (χ4n) is 1.39. The molecule has 0 aromatic carbocycles. The monoisotopic (exact) mass is 167 g/mol. The van der Waals surface area contributed by atoms with Gasteiger partial charge in [-0.1, -0.05) is 6.42 Å². The van der Waals surface area contributed by atoms with E-state index < -0.39 is 0 Å². The van der Waals surface area contributed by atoms with E-state index in [1.807, 2.05) is 0 Å². The van der Waals surface area contributed by atoms with Gasteiger partial charge in [0.1, 0.15) is 5.76 Å². The average Bonchev–Trinajstić information content (AvgIpc) is 2.34. The quantitative estimate of drug-likeness (QED) is 0.741. The first kappa shape index (κ1) is 7.80. The van der Waals surface area contributed by atoms with Gasteiger partial charge in [0.25, 0.3) is 0 Å². The highest BCUT2D eigenvalue weighted by Crippen LogP contribution is 2.35. The molecular formula is C9H13NO2. The lowest BCUT2D eigenvalue weighted by Crippen LogP contribution is -2.08.